The van der Waals surface area contributed by atoms with Crippen molar-refractivity contribution in [3.63, 3.8) is 0 Å². The van der Waals surface area contributed by atoms with Crippen molar-refractivity contribution in [3.8, 4) is 0 Å². The van der Waals surface area contributed by atoms with Crippen LogP contribution in [0.3, 0.4) is 0 Å². The Bertz CT molecular complexity index is 238. The van der Waals surface area contributed by atoms with E-state index >= 15 is 0 Å². The highest BCUT2D eigenvalue weighted by Gasteiger charge is 2.04. The summed E-state index contributed by atoms with van der Waals surface area (Å²) in [6, 6.07) is 2.50. The highest BCUT2D eigenvalue weighted by Crippen LogP contribution is 2.14. The maximum atomic E-state index is 4.14. The number of anilines is 1. The molecule has 2 N–H and O–H groups in total. The molecular formula is C9H17N3. The second-order valence-corrected chi connectivity index (χ2v) is 3.66. The second kappa shape index (κ2) is 3.61. The van der Waals surface area contributed by atoms with Gasteiger partial charge in [-0.1, -0.05) is 13.8 Å². The Morgan fingerprint density at radius 3 is 2.42 bits per heavy atom. The molecule has 12 heavy (non-hydrogen) atoms. The van der Waals surface area contributed by atoms with Gasteiger partial charge in [0.2, 0.25) is 0 Å². The third-order valence-corrected chi connectivity index (χ3v) is 1.66. The zero-order valence-electron chi connectivity index (χ0n) is 8.18. The maximum absolute atomic E-state index is 4.14. The second-order valence-electron chi connectivity index (χ2n) is 3.66. The summed E-state index contributed by atoms with van der Waals surface area (Å²) in [5, 5.41) is 10.4. The Kier molecular flexibility index (Phi) is 2.74. The van der Waals surface area contributed by atoms with Crippen LogP contribution >= 0.6 is 0 Å². The lowest BCUT2D eigenvalue weighted by molar-refractivity contribution is 0.809. The summed E-state index contributed by atoms with van der Waals surface area (Å²) in [5.41, 5.74) is 1.18. The van der Waals surface area contributed by atoms with Crippen molar-refractivity contribution in [2.75, 3.05) is 5.32 Å². The van der Waals surface area contributed by atoms with Gasteiger partial charge in [0.05, 0.1) is 0 Å². The predicted molar refractivity (Wildman–Crippen MR) is 51.4 cm³/mol. The summed E-state index contributed by atoms with van der Waals surface area (Å²) < 4.78 is 0. The van der Waals surface area contributed by atoms with E-state index in [2.05, 4.69) is 49.3 Å². The Hall–Kier alpha value is -0.990. The molecule has 0 saturated carbocycles. The molecule has 1 rings (SSSR count). The first kappa shape index (κ1) is 9.10. The molecule has 0 aliphatic heterocycles. The quantitative estimate of drug-likeness (QED) is 0.725. The zero-order valence-corrected chi connectivity index (χ0v) is 8.18. The van der Waals surface area contributed by atoms with Gasteiger partial charge in [-0.05, 0) is 19.8 Å². The zero-order chi connectivity index (χ0) is 9.14. The summed E-state index contributed by atoms with van der Waals surface area (Å²) in [6.07, 6.45) is 0. The van der Waals surface area contributed by atoms with E-state index in [1.165, 1.54) is 5.69 Å². The largest absolute Gasteiger partial charge is 0.366 e. The van der Waals surface area contributed by atoms with Crippen LogP contribution in [-0.4, -0.2) is 16.2 Å². The molecule has 0 aliphatic carbocycles. The molecule has 0 bridgehead atoms. The Balaban J connectivity index is 2.64. The SMILES string of the molecule is CC(C)Nc1cc(C(C)C)[nH]n1. The number of H-pyrrole nitrogens is 1. The minimum absolute atomic E-state index is 0.438. The van der Waals surface area contributed by atoms with Gasteiger partial charge in [0.25, 0.3) is 0 Å². The third kappa shape index (κ3) is 2.26. The summed E-state index contributed by atoms with van der Waals surface area (Å²) in [7, 11) is 0. The third-order valence-electron chi connectivity index (χ3n) is 1.66. The summed E-state index contributed by atoms with van der Waals surface area (Å²) in [6.45, 7) is 8.49. The number of rotatable bonds is 3. The van der Waals surface area contributed by atoms with E-state index in [1.807, 2.05) is 0 Å². The van der Waals surface area contributed by atoms with E-state index in [9.17, 15) is 0 Å². The lowest BCUT2D eigenvalue weighted by Gasteiger charge is -2.04. The predicted octanol–water partition coefficient (Wildman–Crippen LogP) is 2.35. The number of nitrogens with one attached hydrogen (secondary N) is 2. The molecule has 1 aromatic rings. The first-order valence-electron chi connectivity index (χ1n) is 4.41. The molecule has 0 unspecified atom stereocenters. The van der Waals surface area contributed by atoms with Gasteiger partial charge in [-0.2, -0.15) is 5.10 Å². The van der Waals surface area contributed by atoms with Gasteiger partial charge < -0.3 is 5.32 Å². The monoisotopic (exact) mass is 167 g/mol. The average Bonchev–Trinajstić information content (AvgIpc) is 2.34. The fraction of sp³-hybridized carbons (Fsp3) is 0.667. The van der Waals surface area contributed by atoms with Gasteiger partial charge in [-0.15, -0.1) is 0 Å². The maximum Gasteiger partial charge on any atom is 0.148 e. The minimum Gasteiger partial charge on any atom is -0.366 e. The van der Waals surface area contributed by atoms with Crippen molar-refractivity contribution >= 4 is 5.82 Å². The van der Waals surface area contributed by atoms with Crippen molar-refractivity contribution < 1.29 is 0 Å². The van der Waals surface area contributed by atoms with Gasteiger partial charge >= 0.3 is 0 Å². The van der Waals surface area contributed by atoms with Crippen LogP contribution in [-0.2, 0) is 0 Å². The van der Waals surface area contributed by atoms with Crippen LogP contribution in [0.1, 0.15) is 39.3 Å². The van der Waals surface area contributed by atoms with E-state index in [4.69, 9.17) is 0 Å². The highest BCUT2D eigenvalue weighted by molar-refractivity contribution is 5.36. The van der Waals surface area contributed by atoms with Crippen molar-refractivity contribution in [1.29, 1.82) is 0 Å². The molecule has 1 heterocycles. The van der Waals surface area contributed by atoms with E-state index in [0.29, 0.717) is 12.0 Å². The minimum atomic E-state index is 0.438. The Labute approximate surface area is 73.6 Å². The fourth-order valence-electron chi connectivity index (χ4n) is 1.00. The lowest BCUT2D eigenvalue weighted by Crippen LogP contribution is -2.09. The standard InChI is InChI=1S/C9H17N3/c1-6(2)8-5-9(12-11-8)10-7(3)4/h5-7H,1-4H3,(H2,10,11,12). The van der Waals surface area contributed by atoms with Crippen molar-refractivity contribution in [1.82, 2.24) is 10.2 Å². The Morgan fingerprint density at radius 1 is 1.33 bits per heavy atom. The van der Waals surface area contributed by atoms with E-state index in [0.717, 1.165) is 5.82 Å². The number of hydrogen-bond acceptors (Lipinski definition) is 2. The van der Waals surface area contributed by atoms with E-state index in [1.54, 1.807) is 0 Å². The number of aromatic nitrogens is 2. The van der Waals surface area contributed by atoms with Gasteiger partial charge in [-0.3, -0.25) is 5.10 Å². The molecule has 1 aromatic heterocycles. The molecule has 3 heteroatoms. The normalized spacial score (nSPS) is 11.2. The number of nitrogens with zero attached hydrogens (tertiary/aromatic N) is 1. The Morgan fingerprint density at radius 2 is 2.00 bits per heavy atom. The smallest absolute Gasteiger partial charge is 0.148 e. The van der Waals surface area contributed by atoms with Crippen LogP contribution in [0.2, 0.25) is 0 Å². The molecule has 0 atom stereocenters. The number of hydrogen-bond donors (Lipinski definition) is 2. The van der Waals surface area contributed by atoms with E-state index in [-0.39, 0.29) is 0 Å². The average molecular weight is 167 g/mol. The first-order valence-corrected chi connectivity index (χ1v) is 4.41. The van der Waals surface area contributed by atoms with Crippen LogP contribution in [0.5, 0.6) is 0 Å². The molecule has 0 aliphatic rings. The summed E-state index contributed by atoms with van der Waals surface area (Å²) in [4.78, 5) is 0. The number of aromatic amines is 1. The molecule has 0 aromatic carbocycles. The van der Waals surface area contributed by atoms with Gasteiger partial charge in [0.1, 0.15) is 5.82 Å². The van der Waals surface area contributed by atoms with E-state index < -0.39 is 0 Å². The lowest BCUT2D eigenvalue weighted by atomic mass is 10.1. The summed E-state index contributed by atoms with van der Waals surface area (Å²) >= 11 is 0. The molecular weight excluding hydrogens is 150 g/mol. The molecule has 68 valence electrons. The molecule has 0 saturated heterocycles. The first-order chi connectivity index (χ1) is 5.59. The van der Waals surface area contributed by atoms with Crippen LogP contribution in [0.25, 0.3) is 0 Å². The van der Waals surface area contributed by atoms with Gasteiger partial charge in [-0.25, -0.2) is 0 Å². The summed E-state index contributed by atoms with van der Waals surface area (Å²) in [5.74, 6) is 1.45. The topological polar surface area (TPSA) is 40.7 Å². The van der Waals surface area contributed by atoms with Crippen molar-refractivity contribution in [2.24, 2.45) is 0 Å². The highest BCUT2D eigenvalue weighted by atomic mass is 15.2. The molecule has 3 nitrogen and oxygen atoms in total. The van der Waals surface area contributed by atoms with Crippen molar-refractivity contribution in [3.05, 3.63) is 11.8 Å². The molecule has 0 amide bonds. The fourth-order valence-corrected chi connectivity index (χ4v) is 1.00. The van der Waals surface area contributed by atoms with Crippen LogP contribution in [0.4, 0.5) is 5.82 Å². The molecule has 0 radical (unpaired) electrons. The van der Waals surface area contributed by atoms with Crippen molar-refractivity contribution in [2.45, 2.75) is 39.7 Å². The van der Waals surface area contributed by atoms with Crippen LogP contribution in [0, 0.1) is 0 Å². The molecule has 0 spiro atoms. The van der Waals surface area contributed by atoms with Crippen LogP contribution < -0.4 is 5.32 Å². The van der Waals surface area contributed by atoms with Gasteiger partial charge in [0.15, 0.2) is 0 Å². The molecule has 0 fully saturated rings. The van der Waals surface area contributed by atoms with Crippen LogP contribution in [0.15, 0.2) is 6.07 Å². The van der Waals surface area contributed by atoms with Gasteiger partial charge in [0, 0.05) is 17.8 Å².